The molecule has 0 spiro atoms. The molecule has 2 N–H and O–H groups in total. The molecule has 1 fully saturated rings. The molecule has 1 rings (SSSR count). The highest BCUT2D eigenvalue weighted by Crippen LogP contribution is 2.35. The summed E-state index contributed by atoms with van der Waals surface area (Å²) in [5.41, 5.74) is 0. The van der Waals surface area contributed by atoms with Crippen LogP contribution in [-0.2, 0) is 57.2 Å². The van der Waals surface area contributed by atoms with Crippen molar-refractivity contribution < 1.29 is 67.4 Å². The van der Waals surface area contributed by atoms with Crippen molar-refractivity contribution in [1.82, 2.24) is 0 Å². The second-order valence-corrected chi connectivity index (χ2v) is 7.12. The van der Waals surface area contributed by atoms with Gasteiger partial charge in [-0.15, -0.1) is 0 Å². The fourth-order valence-corrected chi connectivity index (χ4v) is 3.14. The minimum absolute atomic E-state index is 0.677. The molecular weight excluding hydrogens is 452 g/mol. The first-order valence-corrected chi connectivity index (χ1v) is 9.62. The molecule has 0 saturated carbocycles. The largest absolute Gasteiger partial charge is 0.477 e. The average molecular weight is 478 g/mol. The van der Waals surface area contributed by atoms with Crippen molar-refractivity contribution in [2.24, 2.45) is 0 Å². The van der Waals surface area contributed by atoms with Gasteiger partial charge in [-0.05, 0) is 0 Å². The van der Waals surface area contributed by atoms with Crippen molar-refractivity contribution in [1.29, 1.82) is 0 Å². The number of aliphatic carboxylic acids is 1. The lowest BCUT2D eigenvalue weighted by molar-refractivity contribution is -0.316. The predicted octanol–water partition coefficient (Wildman–Crippen LogP) is -1.16. The smallest absolute Gasteiger partial charge is 0.364 e. The molecule has 186 valence electrons. The molecule has 0 aromatic rings. The Balaban J connectivity index is 3.60. The monoisotopic (exact) mass is 478 g/mol. The van der Waals surface area contributed by atoms with E-state index in [1.165, 1.54) is 0 Å². The van der Waals surface area contributed by atoms with Crippen LogP contribution in [0.3, 0.4) is 0 Å². The standard InChI is InChI=1S/C19H26O14/c1-8(20)28-7-14(30-10(3)22)16(32-12(5)24)17-15(31-11(4)23)13(29-9(2)21)6-19(27,33-17)18(25)26/h13-17,27H,6-7H2,1-5H3,(H,25,26)/t13-,14+,15+,16+,17+,19+/m0/s1. The third-order valence-electron chi connectivity index (χ3n) is 4.21. The van der Waals surface area contributed by atoms with Crippen molar-refractivity contribution in [2.75, 3.05) is 6.61 Å². The number of ether oxygens (including phenoxy) is 6. The van der Waals surface area contributed by atoms with Gasteiger partial charge in [-0.3, -0.25) is 24.0 Å². The lowest BCUT2D eigenvalue weighted by atomic mass is 9.90. The van der Waals surface area contributed by atoms with E-state index in [9.17, 15) is 39.0 Å². The second-order valence-electron chi connectivity index (χ2n) is 7.12. The number of carbonyl (C=O) groups excluding carboxylic acids is 5. The Morgan fingerprint density at radius 3 is 1.85 bits per heavy atom. The first kappa shape index (κ1) is 27.8. The van der Waals surface area contributed by atoms with Gasteiger partial charge >= 0.3 is 35.8 Å². The summed E-state index contributed by atoms with van der Waals surface area (Å²) in [7, 11) is 0. The SMILES string of the molecule is CC(=O)OC[C@@H](OC(C)=O)[C@@H](OC(C)=O)[C@@H]1O[C@@](O)(C(=O)O)C[C@H](OC(C)=O)[C@H]1OC(C)=O. The lowest BCUT2D eigenvalue weighted by Crippen LogP contribution is -2.65. The first-order valence-electron chi connectivity index (χ1n) is 9.62. The maximum absolute atomic E-state index is 11.8. The molecule has 0 aromatic carbocycles. The van der Waals surface area contributed by atoms with E-state index < -0.39 is 85.2 Å². The summed E-state index contributed by atoms with van der Waals surface area (Å²) in [5, 5.41) is 20.0. The number of carboxylic acid groups (broad SMARTS) is 1. The normalized spacial score (nSPS) is 26.2. The third kappa shape index (κ3) is 8.31. The van der Waals surface area contributed by atoms with Gasteiger partial charge in [-0.2, -0.15) is 0 Å². The number of aliphatic hydroxyl groups is 1. The molecule has 1 heterocycles. The van der Waals surface area contributed by atoms with Crippen LogP contribution in [0.5, 0.6) is 0 Å². The summed E-state index contributed by atoms with van der Waals surface area (Å²) in [6.45, 7) is 4.30. The second kappa shape index (κ2) is 11.6. The maximum Gasteiger partial charge on any atom is 0.364 e. The predicted molar refractivity (Wildman–Crippen MR) is 101 cm³/mol. The molecule has 14 heteroatoms. The van der Waals surface area contributed by atoms with Crippen LogP contribution in [-0.4, -0.2) is 88.9 Å². The number of esters is 5. The highest BCUT2D eigenvalue weighted by Gasteiger charge is 2.58. The van der Waals surface area contributed by atoms with E-state index in [1.54, 1.807) is 0 Å². The van der Waals surface area contributed by atoms with E-state index in [1.807, 2.05) is 0 Å². The van der Waals surface area contributed by atoms with E-state index in [-0.39, 0.29) is 0 Å². The van der Waals surface area contributed by atoms with E-state index in [0.717, 1.165) is 34.6 Å². The van der Waals surface area contributed by atoms with Gasteiger partial charge in [0.1, 0.15) is 18.8 Å². The van der Waals surface area contributed by atoms with Crippen LogP contribution in [0.25, 0.3) is 0 Å². The minimum Gasteiger partial charge on any atom is -0.477 e. The van der Waals surface area contributed by atoms with E-state index in [0.29, 0.717) is 0 Å². The molecule has 1 aliphatic rings. The van der Waals surface area contributed by atoms with Crippen molar-refractivity contribution in [2.45, 2.75) is 77.3 Å². The van der Waals surface area contributed by atoms with Gasteiger partial charge in [0.2, 0.25) is 0 Å². The minimum atomic E-state index is -2.98. The summed E-state index contributed by atoms with van der Waals surface area (Å²) in [4.78, 5) is 69.8. The van der Waals surface area contributed by atoms with Gasteiger partial charge in [0.05, 0.1) is 6.42 Å². The molecule has 33 heavy (non-hydrogen) atoms. The highest BCUT2D eigenvalue weighted by molar-refractivity contribution is 5.76. The van der Waals surface area contributed by atoms with Gasteiger partial charge < -0.3 is 38.6 Å². The quantitative estimate of drug-likeness (QED) is 0.297. The Morgan fingerprint density at radius 1 is 0.879 bits per heavy atom. The summed E-state index contributed by atoms with van der Waals surface area (Å²) in [5.74, 6) is -9.38. The number of carboxylic acids is 1. The zero-order valence-electron chi connectivity index (χ0n) is 18.6. The van der Waals surface area contributed by atoms with Crippen molar-refractivity contribution in [3.8, 4) is 0 Å². The zero-order chi connectivity index (χ0) is 25.5. The number of rotatable bonds is 9. The molecule has 1 aliphatic heterocycles. The average Bonchev–Trinajstić information content (AvgIpc) is 2.64. The van der Waals surface area contributed by atoms with Gasteiger partial charge in [-0.1, -0.05) is 0 Å². The van der Waals surface area contributed by atoms with Crippen molar-refractivity contribution in [3.05, 3.63) is 0 Å². The third-order valence-corrected chi connectivity index (χ3v) is 4.21. The lowest BCUT2D eigenvalue weighted by Gasteiger charge is -2.45. The van der Waals surface area contributed by atoms with Gasteiger partial charge in [0.25, 0.3) is 5.79 Å². The zero-order valence-corrected chi connectivity index (χ0v) is 18.6. The molecule has 0 aliphatic carbocycles. The Hall–Kier alpha value is -3.26. The Morgan fingerprint density at radius 2 is 1.42 bits per heavy atom. The van der Waals surface area contributed by atoms with Crippen LogP contribution < -0.4 is 0 Å². The summed E-state index contributed by atoms with van der Waals surface area (Å²) < 4.78 is 30.5. The fourth-order valence-electron chi connectivity index (χ4n) is 3.14. The van der Waals surface area contributed by atoms with Crippen LogP contribution in [0.4, 0.5) is 0 Å². The van der Waals surface area contributed by atoms with Crippen LogP contribution in [0.1, 0.15) is 41.0 Å². The summed E-state index contributed by atoms with van der Waals surface area (Å²) in [6, 6.07) is 0. The fraction of sp³-hybridized carbons (Fsp3) is 0.684. The first-order chi connectivity index (χ1) is 15.2. The molecule has 14 nitrogen and oxygen atoms in total. The summed E-state index contributed by atoms with van der Waals surface area (Å²) in [6.07, 6.45) is -9.27. The van der Waals surface area contributed by atoms with Gasteiger partial charge in [0, 0.05) is 34.6 Å². The number of carbonyl (C=O) groups is 6. The van der Waals surface area contributed by atoms with E-state index in [4.69, 9.17) is 28.4 Å². The van der Waals surface area contributed by atoms with Crippen molar-refractivity contribution >= 4 is 35.8 Å². The number of hydrogen-bond acceptors (Lipinski definition) is 13. The molecule has 0 unspecified atom stereocenters. The van der Waals surface area contributed by atoms with Crippen LogP contribution in [0, 0.1) is 0 Å². The van der Waals surface area contributed by atoms with Crippen molar-refractivity contribution in [3.63, 3.8) is 0 Å². The molecule has 1 saturated heterocycles. The molecule has 0 bridgehead atoms. The number of hydrogen-bond donors (Lipinski definition) is 2. The Labute approximate surface area is 188 Å². The van der Waals surface area contributed by atoms with Crippen LogP contribution >= 0.6 is 0 Å². The topological polar surface area (TPSA) is 198 Å². The highest BCUT2D eigenvalue weighted by atomic mass is 16.7. The molecule has 6 atom stereocenters. The van der Waals surface area contributed by atoms with Gasteiger partial charge in [-0.25, -0.2) is 4.79 Å². The van der Waals surface area contributed by atoms with Crippen LogP contribution in [0.15, 0.2) is 0 Å². The Kier molecular flexibility index (Phi) is 9.73. The summed E-state index contributed by atoms with van der Waals surface area (Å²) >= 11 is 0. The van der Waals surface area contributed by atoms with Gasteiger partial charge in [0.15, 0.2) is 18.3 Å². The molecular formula is C19H26O14. The van der Waals surface area contributed by atoms with E-state index in [2.05, 4.69) is 0 Å². The molecule has 0 radical (unpaired) electrons. The van der Waals surface area contributed by atoms with Crippen LogP contribution in [0.2, 0.25) is 0 Å². The maximum atomic E-state index is 11.8. The Bertz CT molecular complexity index is 791. The van der Waals surface area contributed by atoms with E-state index >= 15 is 0 Å². The molecule has 0 amide bonds. The molecule has 0 aromatic heterocycles.